The van der Waals surface area contributed by atoms with Crippen molar-refractivity contribution in [2.75, 3.05) is 5.43 Å². The van der Waals surface area contributed by atoms with Gasteiger partial charge in [-0.2, -0.15) is 4.68 Å². The monoisotopic (exact) mass is 241 g/mol. The van der Waals surface area contributed by atoms with E-state index in [0.717, 1.165) is 11.3 Å². The summed E-state index contributed by atoms with van der Waals surface area (Å²) in [6.07, 6.45) is 2.98. The van der Waals surface area contributed by atoms with Gasteiger partial charge in [-0.1, -0.05) is 17.7 Å². The highest BCUT2D eigenvalue weighted by Crippen LogP contribution is 2.10. The molecule has 0 aliphatic carbocycles. The maximum atomic E-state index is 11.8. The Morgan fingerprint density at radius 2 is 2.06 bits per heavy atom. The molecule has 3 rings (SSSR count). The van der Waals surface area contributed by atoms with E-state index in [1.54, 1.807) is 6.20 Å². The summed E-state index contributed by atoms with van der Waals surface area (Å²) in [5, 5.41) is 0. The van der Waals surface area contributed by atoms with E-state index in [1.807, 2.05) is 31.2 Å². The fourth-order valence-corrected chi connectivity index (χ4v) is 1.72. The Labute approximate surface area is 102 Å². The third-order valence-electron chi connectivity index (χ3n) is 2.65. The fourth-order valence-electron chi connectivity index (χ4n) is 1.72. The maximum absolute atomic E-state index is 11.8. The molecule has 0 atom stereocenters. The zero-order chi connectivity index (χ0) is 12.5. The number of rotatable bonds is 2. The molecule has 0 saturated carbocycles. The van der Waals surface area contributed by atoms with Gasteiger partial charge < -0.3 is 0 Å². The third-order valence-corrected chi connectivity index (χ3v) is 2.65. The standard InChI is InChI=1S/C12H11N5O/c1-8-2-4-9(5-3-8)16-17-10-6-13-7-14-11(10)15-12(17)18/h2-7,16H,1H3,(H,13,14,15,18). The van der Waals surface area contributed by atoms with Crippen LogP contribution in [0.2, 0.25) is 0 Å². The number of fused-ring (bicyclic) bond motifs is 1. The van der Waals surface area contributed by atoms with Gasteiger partial charge in [-0.25, -0.2) is 14.8 Å². The zero-order valence-electron chi connectivity index (χ0n) is 9.71. The average molecular weight is 241 g/mol. The van der Waals surface area contributed by atoms with Gasteiger partial charge in [0.25, 0.3) is 0 Å². The van der Waals surface area contributed by atoms with Crippen molar-refractivity contribution in [1.29, 1.82) is 0 Å². The molecule has 0 radical (unpaired) electrons. The van der Waals surface area contributed by atoms with Crippen LogP contribution in [0.3, 0.4) is 0 Å². The zero-order valence-corrected chi connectivity index (χ0v) is 9.71. The Kier molecular flexibility index (Phi) is 2.33. The molecule has 90 valence electrons. The maximum Gasteiger partial charge on any atom is 0.346 e. The lowest BCUT2D eigenvalue weighted by Crippen LogP contribution is -2.23. The first-order valence-electron chi connectivity index (χ1n) is 5.48. The molecule has 2 aromatic heterocycles. The van der Waals surface area contributed by atoms with E-state index >= 15 is 0 Å². The van der Waals surface area contributed by atoms with Crippen molar-refractivity contribution in [2.24, 2.45) is 0 Å². The molecule has 1 aromatic carbocycles. The molecule has 6 nitrogen and oxygen atoms in total. The van der Waals surface area contributed by atoms with Gasteiger partial charge in [-0.15, -0.1) is 0 Å². The Balaban J connectivity index is 2.07. The highest BCUT2D eigenvalue weighted by atomic mass is 16.2. The van der Waals surface area contributed by atoms with Gasteiger partial charge in [0.2, 0.25) is 0 Å². The summed E-state index contributed by atoms with van der Waals surface area (Å²) in [6, 6.07) is 7.76. The summed E-state index contributed by atoms with van der Waals surface area (Å²) in [5.74, 6) is 0. The minimum atomic E-state index is -0.272. The Hall–Kier alpha value is -2.63. The molecule has 18 heavy (non-hydrogen) atoms. The van der Waals surface area contributed by atoms with E-state index in [1.165, 1.54) is 11.0 Å². The molecule has 0 aliphatic heterocycles. The molecule has 0 saturated heterocycles. The third kappa shape index (κ3) is 1.73. The molecule has 0 bridgehead atoms. The quantitative estimate of drug-likeness (QED) is 0.709. The number of aryl methyl sites for hydroxylation is 1. The molecule has 2 heterocycles. The fraction of sp³-hybridized carbons (Fsp3) is 0.0833. The Morgan fingerprint density at radius 1 is 1.28 bits per heavy atom. The van der Waals surface area contributed by atoms with Crippen molar-refractivity contribution in [1.82, 2.24) is 19.6 Å². The van der Waals surface area contributed by atoms with E-state index in [-0.39, 0.29) is 5.69 Å². The molecule has 0 fully saturated rings. The number of benzene rings is 1. The first-order valence-corrected chi connectivity index (χ1v) is 5.48. The first kappa shape index (κ1) is 10.5. The van der Waals surface area contributed by atoms with Crippen LogP contribution in [0.25, 0.3) is 11.2 Å². The van der Waals surface area contributed by atoms with Crippen LogP contribution in [0, 0.1) is 6.92 Å². The van der Waals surface area contributed by atoms with Gasteiger partial charge in [-0.3, -0.25) is 10.4 Å². The van der Waals surface area contributed by atoms with Crippen LogP contribution in [0.1, 0.15) is 5.56 Å². The van der Waals surface area contributed by atoms with Gasteiger partial charge in [0.1, 0.15) is 11.8 Å². The lowest BCUT2D eigenvalue weighted by Gasteiger charge is -2.06. The number of anilines is 1. The van der Waals surface area contributed by atoms with E-state index in [9.17, 15) is 4.79 Å². The smallest absolute Gasteiger partial charge is 0.290 e. The second-order valence-electron chi connectivity index (χ2n) is 4.00. The normalized spacial score (nSPS) is 10.7. The van der Waals surface area contributed by atoms with Crippen molar-refractivity contribution < 1.29 is 0 Å². The molecule has 0 amide bonds. The minimum Gasteiger partial charge on any atom is -0.290 e. The van der Waals surface area contributed by atoms with E-state index in [2.05, 4.69) is 20.4 Å². The minimum absolute atomic E-state index is 0.272. The number of H-pyrrole nitrogens is 1. The van der Waals surface area contributed by atoms with Crippen LogP contribution < -0.4 is 11.1 Å². The molecule has 0 aliphatic rings. The van der Waals surface area contributed by atoms with Crippen molar-refractivity contribution in [2.45, 2.75) is 6.92 Å². The molecule has 0 unspecified atom stereocenters. The van der Waals surface area contributed by atoms with Crippen LogP contribution in [-0.4, -0.2) is 19.6 Å². The number of nitrogens with one attached hydrogen (secondary N) is 2. The molecule has 3 aromatic rings. The lowest BCUT2D eigenvalue weighted by atomic mass is 10.2. The van der Waals surface area contributed by atoms with Crippen LogP contribution in [0.4, 0.5) is 5.69 Å². The van der Waals surface area contributed by atoms with Gasteiger partial charge in [-0.05, 0) is 19.1 Å². The Bertz CT molecular complexity index is 741. The molecule has 6 heteroatoms. The number of hydrogen-bond acceptors (Lipinski definition) is 4. The predicted molar refractivity (Wildman–Crippen MR) is 68.3 cm³/mol. The summed E-state index contributed by atoms with van der Waals surface area (Å²) in [7, 11) is 0. The van der Waals surface area contributed by atoms with Gasteiger partial charge in [0, 0.05) is 0 Å². The molecule has 2 N–H and O–H groups in total. The summed E-state index contributed by atoms with van der Waals surface area (Å²) in [4.78, 5) is 22.3. The van der Waals surface area contributed by atoms with Crippen LogP contribution in [0.15, 0.2) is 41.6 Å². The van der Waals surface area contributed by atoms with Crippen molar-refractivity contribution >= 4 is 16.9 Å². The SMILES string of the molecule is Cc1ccc(Nn2c(=O)[nH]c3ncncc32)cc1. The molecule has 0 spiro atoms. The largest absolute Gasteiger partial charge is 0.346 e. The van der Waals surface area contributed by atoms with Crippen LogP contribution in [0.5, 0.6) is 0 Å². The summed E-state index contributed by atoms with van der Waals surface area (Å²) in [5.41, 5.74) is 5.85. The lowest BCUT2D eigenvalue weighted by molar-refractivity contribution is 0.927. The molecular weight excluding hydrogens is 230 g/mol. The van der Waals surface area contributed by atoms with Crippen molar-refractivity contribution in [3.05, 3.63) is 52.8 Å². The van der Waals surface area contributed by atoms with Crippen molar-refractivity contribution in [3.63, 3.8) is 0 Å². The number of aromatic amines is 1. The van der Waals surface area contributed by atoms with Crippen LogP contribution in [-0.2, 0) is 0 Å². The second kappa shape index (κ2) is 3.99. The number of aromatic nitrogens is 4. The van der Waals surface area contributed by atoms with Gasteiger partial charge >= 0.3 is 5.69 Å². The van der Waals surface area contributed by atoms with Gasteiger partial charge in [0.05, 0.1) is 11.9 Å². The van der Waals surface area contributed by atoms with Gasteiger partial charge in [0.15, 0.2) is 5.65 Å². The number of nitrogens with zero attached hydrogens (tertiary/aromatic N) is 3. The van der Waals surface area contributed by atoms with Crippen molar-refractivity contribution in [3.8, 4) is 0 Å². The van der Waals surface area contributed by atoms with E-state index in [4.69, 9.17) is 0 Å². The first-order chi connectivity index (χ1) is 8.74. The van der Waals surface area contributed by atoms with E-state index < -0.39 is 0 Å². The number of imidazole rings is 1. The topological polar surface area (TPSA) is 75.6 Å². The summed E-state index contributed by atoms with van der Waals surface area (Å²) in [6.45, 7) is 2.01. The second-order valence-corrected chi connectivity index (χ2v) is 4.00. The van der Waals surface area contributed by atoms with Crippen LogP contribution >= 0.6 is 0 Å². The number of hydrogen-bond donors (Lipinski definition) is 2. The molecular formula is C12H11N5O. The summed E-state index contributed by atoms with van der Waals surface area (Å²) >= 11 is 0. The summed E-state index contributed by atoms with van der Waals surface area (Å²) < 4.78 is 1.39. The highest BCUT2D eigenvalue weighted by Gasteiger charge is 2.07. The highest BCUT2D eigenvalue weighted by molar-refractivity contribution is 5.70. The predicted octanol–water partition coefficient (Wildman–Crippen LogP) is 1.30. The average Bonchev–Trinajstić information content (AvgIpc) is 2.69. The van der Waals surface area contributed by atoms with E-state index in [0.29, 0.717) is 11.2 Å². The Morgan fingerprint density at radius 3 is 2.83 bits per heavy atom.